The number of piperidine rings is 2. The molecule has 3 rings (SSSR count). The van der Waals surface area contributed by atoms with E-state index in [4.69, 9.17) is 4.55 Å². The maximum absolute atomic E-state index is 12.3. The Labute approximate surface area is 150 Å². The van der Waals surface area contributed by atoms with Crippen LogP contribution in [0.5, 0.6) is 0 Å². The van der Waals surface area contributed by atoms with Crippen molar-refractivity contribution in [2.45, 2.75) is 50.2 Å². The standard InChI is InChI=1S/C13H21N5O7S/c19-11(9-3-1-2-6-14-9)15-16-12(20)10-5-4-8-7-17(10)13(21)18(8)25-26(22,23)24/h8-10,14H,1-7H2,(H,15,19)(H,16,20)(H,22,23,24)/t8-,9?,10?/m1/s1. The molecular formula is C13H21N5O7S. The molecule has 0 aromatic rings. The highest BCUT2D eigenvalue weighted by Gasteiger charge is 2.49. The molecule has 0 radical (unpaired) electrons. The number of fused-ring (bicyclic) bond motifs is 2. The minimum Gasteiger partial charge on any atom is -0.309 e. The predicted molar refractivity (Wildman–Crippen MR) is 85.3 cm³/mol. The molecule has 2 unspecified atom stereocenters. The highest BCUT2D eigenvalue weighted by atomic mass is 32.3. The largest absolute Gasteiger partial charge is 0.418 e. The molecular weight excluding hydrogens is 370 g/mol. The molecule has 3 fully saturated rings. The zero-order valence-corrected chi connectivity index (χ0v) is 14.7. The predicted octanol–water partition coefficient (Wildman–Crippen LogP) is -1.72. The maximum Gasteiger partial charge on any atom is 0.418 e. The van der Waals surface area contributed by atoms with Crippen molar-refractivity contribution in [3.8, 4) is 0 Å². The maximum atomic E-state index is 12.3. The van der Waals surface area contributed by atoms with Crippen molar-refractivity contribution in [3.05, 3.63) is 0 Å². The Morgan fingerprint density at radius 2 is 1.88 bits per heavy atom. The molecule has 26 heavy (non-hydrogen) atoms. The third kappa shape index (κ3) is 4.06. The summed E-state index contributed by atoms with van der Waals surface area (Å²) in [4.78, 5) is 37.8. The van der Waals surface area contributed by atoms with Crippen LogP contribution in [0.4, 0.5) is 4.79 Å². The molecule has 13 heteroatoms. The van der Waals surface area contributed by atoms with E-state index in [9.17, 15) is 22.8 Å². The van der Waals surface area contributed by atoms with Crippen LogP contribution in [0.3, 0.4) is 0 Å². The van der Waals surface area contributed by atoms with Crippen molar-refractivity contribution in [1.82, 2.24) is 26.1 Å². The monoisotopic (exact) mass is 391 g/mol. The number of hydrogen-bond donors (Lipinski definition) is 4. The molecule has 3 aliphatic heterocycles. The summed E-state index contributed by atoms with van der Waals surface area (Å²) in [7, 11) is -4.84. The van der Waals surface area contributed by atoms with E-state index in [2.05, 4.69) is 20.5 Å². The van der Waals surface area contributed by atoms with Gasteiger partial charge in [0.15, 0.2) is 0 Å². The molecule has 4 N–H and O–H groups in total. The topological polar surface area (TPSA) is 157 Å². The number of amides is 4. The van der Waals surface area contributed by atoms with Crippen LogP contribution in [0.15, 0.2) is 0 Å². The normalized spacial score (nSPS) is 28.8. The summed E-state index contributed by atoms with van der Waals surface area (Å²) in [6.45, 7) is 0.826. The molecule has 2 bridgehead atoms. The van der Waals surface area contributed by atoms with Crippen LogP contribution in [-0.2, 0) is 24.3 Å². The lowest BCUT2D eigenvalue weighted by atomic mass is 10.0. The molecule has 0 aromatic carbocycles. The quantitative estimate of drug-likeness (QED) is 0.325. The van der Waals surface area contributed by atoms with Gasteiger partial charge in [-0.1, -0.05) is 6.42 Å². The third-order valence-corrected chi connectivity index (χ3v) is 5.08. The highest BCUT2D eigenvalue weighted by molar-refractivity contribution is 7.80. The zero-order chi connectivity index (χ0) is 18.9. The summed E-state index contributed by atoms with van der Waals surface area (Å²) >= 11 is 0. The second-order valence-corrected chi connectivity index (χ2v) is 7.50. The number of hydrogen-bond acceptors (Lipinski definition) is 7. The Kier molecular flexibility index (Phi) is 5.32. The Bertz CT molecular complexity index is 693. The number of hydroxylamine groups is 2. The van der Waals surface area contributed by atoms with Gasteiger partial charge in [-0.15, -0.1) is 4.28 Å². The van der Waals surface area contributed by atoms with Gasteiger partial charge in [0.05, 0.1) is 12.1 Å². The summed E-state index contributed by atoms with van der Waals surface area (Å²) in [6, 6.07) is -2.64. The Balaban J connectivity index is 1.56. The van der Waals surface area contributed by atoms with E-state index < -0.39 is 34.4 Å². The van der Waals surface area contributed by atoms with Crippen LogP contribution < -0.4 is 16.2 Å². The SMILES string of the molecule is O=C(NNC(=O)C1CC[C@@H]2CN1C(=O)N2OS(=O)(=O)O)C1CCCCN1. The van der Waals surface area contributed by atoms with Crippen LogP contribution >= 0.6 is 0 Å². The lowest BCUT2D eigenvalue weighted by molar-refractivity contribution is -0.133. The first-order valence-electron chi connectivity index (χ1n) is 8.36. The molecule has 0 aliphatic carbocycles. The van der Waals surface area contributed by atoms with Gasteiger partial charge in [0, 0.05) is 6.54 Å². The highest BCUT2D eigenvalue weighted by Crippen LogP contribution is 2.30. The number of rotatable bonds is 4. The van der Waals surface area contributed by atoms with Crippen LogP contribution in [0, 0.1) is 0 Å². The van der Waals surface area contributed by atoms with Gasteiger partial charge in [0.2, 0.25) is 0 Å². The molecule has 12 nitrogen and oxygen atoms in total. The number of nitrogens with zero attached hydrogens (tertiary/aromatic N) is 2. The van der Waals surface area contributed by atoms with Gasteiger partial charge in [0.25, 0.3) is 11.8 Å². The first-order chi connectivity index (χ1) is 12.3. The average molecular weight is 391 g/mol. The van der Waals surface area contributed by atoms with E-state index in [0.717, 1.165) is 24.3 Å². The van der Waals surface area contributed by atoms with Crippen molar-refractivity contribution in [3.63, 3.8) is 0 Å². The number of carbonyl (C=O) groups excluding carboxylic acids is 3. The molecule has 3 aliphatic rings. The average Bonchev–Trinajstić information content (AvgIpc) is 2.84. The molecule has 0 aromatic heterocycles. The van der Waals surface area contributed by atoms with Crippen molar-refractivity contribution >= 4 is 28.2 Å². The fraction of sp³-hybridized carbons (Fsp3) is 0.769. The van der Waals surface area contributed by atoms with Crippen molar-refractivity contribution in [2.24, 2.45) is 0 Å². The summed E-state index contributed by atoms with van der Waals surface area (Å²) in [5.74, 6) is -0.925. The minimum atomic E-state index is -4.84. The Morgan fingerprint density at radius 3 is 2.54 bits per heavy atom. The van der Waals surface area contributed by atoms with Crippen LogP contribution in [0.1, 0.15) is 32.1 Å². The van der Waals surface area contributed by atoms with E-state index in [1.165, 1.54) is 0 Å². The second-order valence-electron chi connectivity index (χ2n) is 6.49. The van der Waals surface area contributed by atoms with Gasteiger partial charge in [-0.3, -0.25) is 25.0 Å². The van der Waals surface area contributed by atoms with E-state index in [0.29, 0.717) is 17.9 Å². The second kappa shape index (κ2) is 7.34. The molecule has 3 saturated heterocycles. The lowest BCUT2D eigenvalue weighted by Gasteiger charge is -2.29. The molecule has 4 amide bonds. The fourth-order valence-electron chi connectivity index (χ4n) is 3.47. The molecule has 0 spiro atoms. The summed E-state index contributed by atoms with van der Waals surface area (Å²) in [5, 5.41) is 3.61. The van der Waals surface area contributed by atoms with Crippen molar-refractivity contribution in [1.29, 1.82) is 0 Å². The van der Waals surface area contributed by atoms with E-state index in [1.54, 1.807) is 0 Å². The molecule has 146 valence electrons. The van der Waals surface area contributed by atoms with Crippen molar-refractivity contribution < 1.29 is 31.6 Å². The van der Waals surface area contributed by atoms with E-state index >= 15 is 0 Å². The van der Waals surface area contributed by atoms with Crippen LogP contribution in [-0.4, -0.2) is 72.0 Å². The van der Waals surface area contributed by atoms with Gasteiger partial charge in [-0.25, -0.2) is 4.79 Å². The van der Waals surface area contributed by atoms with Gasteiger partial charge < -0.3 is 10.2 Å². The number of hydrazine groups is 1. The van der Waals surface area contributed by atoms with Gasteiger partial charge in [-0.2, -0.15) is 13.5 Å². The minimum absolute atomic E-state index is 0.0879. The number of nitrogens with one attached hydrogen (secondary N) is 3. The Hall–Kier alpha value is -1.96. The van der Waals surface area contributed by atoms with Crippen LogP contribution in [0.25, 0.3) is 0 Å². The molecule has 3 heterocycles. The van der Waals surface area contributed by atoms with E-state index in [-0.39, 0.29) is 24.9 Å². The zero-order valence-electron chi connectivity index (χ0n) is 13.9. The first-order valence-corrected chi connectivity index (χ1v) is 9.73. The lowest BCUT2D eigenvalue weighted by Crippen LogP contribution is -2.57. The summed E-state index contributed by atoms with van der Waals surface area (Å²) in [5.41, 5.74) is 4.67. The van der Waals surface area contributed by atoms with E-state index in [1.807, 2.05) is 0 Å². The summed E-state index contributed by atoms with van der Waals surface area (Å²) in [6.07, 6.45) is 3.19. The molecule has 3 atom stereocenters. The number of urea groups is 1. The fourth-order valence-corrected chi connectivity index (χ4v) is 3.86. The third-order valence-electron chi connectivity index (χ3n) is 4.74. The first kappa shape index (κ1) is 18.8. The van der Waals surface area contributed by atoms with Gasteiger partial charge in [0.1, 0.15) is 6.04 Å². The van der Waals surface area contributed by atoms with Gasteiger partial charge in [-0.05, 0) is 32.2 Å². The smallest absolute Gasteiger partial charge is 0.309 e. The van der Waals surface area contributed by atoms with Crippen molar-refractivity contribution in [2.75, 3.05) is 13.1 Å². The molecule has 0 saturated carbocycles. The van der Waals surface area contributed by atoms with Crippen LogP contribution in [0.2, 0.25) is 0 Å². The number of carbonyl (C=O) groups is 3. The Morgan fingerprint density at radius 1 is 1.15 bits per heavy atom. The summed E-state index contributed by atoms with van der Waals surface area (Å²) < 4.78 is 34.8. The van der Waals surface area contributed by atoms with Gasteiger partial charge >= 0.3 is 16.4 Å².